The first-order valence-electron chi connectivity index (χ1n) is 5.77. The molecule has 0 saturated heterocycles. The zero-order valence-electron chi connectivity index (χ0n) is 9.98. The second kappa shape index (κ2) is 5.69. The van der Waals surface area contributed by atoms with Crippen LogP contribution in [0.15, 0.2) is 41.5 Å². The van der Waals surface area contributed by atoms with E-state index in [4.69, 9.17) is 11.6 Å². The number of hydrogen-bond donors (Lipinski definition) is 2. The number of benzene rings is 1. The standard InChI is InChI=1S/C13H14ClN3O/c1-2-10(9-6-4-3-5-7-9)17-12-11(14)13(18)16-8-15-12/h3-8,10H,2H2,1H3,(H2,15,16,17,18). The molecule has 0 bridgehead atoms. The zero-order valence-corrected chi connectivity index (χ0v) is 10.7. The Labute approximate surface area is 110 Å². The average Bonchev–Trinajstić information content (AvgIpc) is 2.41. The van der Waals surface area contributed by atoms with E-state index in [1.54, 1.807) is 0 Å². The summed E-state index contributed by atoms with van der Waals surface area (Å²) in [4.78, 5) is 17.9. The van der Waals surface area contributed by atoms with E-state index in [0.717, 1.165) is 12.0 Å². The number of H-pyrrole nitrogens is 1. The molecule has 4 nitrogen and oxygen atoms in total. The fourth-order valence-corrected chi connectivity index (χ4v) is 1.91. The van der Waals surface area contributed by atoms with Crippen LogP contribution < -0.4 is 10.9 Å². The minimum absolute atomic E-state index is 0.0815. The third-order valence-electron chi connectivity index (χ3n) is 2.72. The molecule has 18 heavy (non-hydrogen) atoms. The summed E-state index contributed by atoms with van der Waals surface area (Å²) in [6.45, 7) is 2.06. The Hall–Kier alpha value is -1.81. The molecule has 2 aromatic rings. The summed E-state index contributed by atoms with van der Waals surface area (Å²) in [7, 11) is 0. The number of nitrogens with one attached hydrogen (secondary N) is 2. The molecule has 0 aliphatic heterocycles. The molecule has 2 N–H and O–H groups in total. The van der Waals surface area contributed by atoms with Gasteiger partial charge < -0.3 is 10.3 Å². The molecule has 1 atom stereocenters. The highest BCUT2D eigenvalue weighted by molar-refractivity contribution is 6.32. The molecule has 1 aromatic heterocycles. The molecule has 5 heteroatoms. The fraction of sp³-hybridized carbons (Fsp3) is 0.231. The quantitative estimate of drug-likeness (QED) is 0.892. The van der Waals surface area contributed by atoms with Crippen LogP contribution in [-0.4, -0.2) is 9.97 Å². The van der Waals surface area contributed by atoms with Crippen LogP contribution in [0.1, 0.15) is 24.9 Å². The number of rotatable bonds is 4. The third kappa shape index (κ3) is 2.71. The first kappa shape index (κ1) is 12.6. The van der Waals surface area contributed by atoms with Crippen molar-refractivity contribution < 1.29 is 0 Å². The molecule has 0 aliphatic rings. The SMILES string of the molecule is CCC(Nc1nc[nH]c(=O)c1Cl)c1ccccc1. The monoisotopic (exact) mass is 263 g/mol. The Balaban J connectivity index is 2.26. The van der Waals surface area contributed by atoms with Gasteiger partial charge in [0.15, 0.2) is 5.82 Å². The molecule has 0 radical (unpaired) electrons. The first-order valence-corrected chi connectivity index (χ1v) is 6.14. The smallest absolute Gasteiger partial charge is 0.271 e. The maximum atomic E-state index is 11.4. The number of halogens is 1. The van der Waals surface area contributed by atoms with Gasteiger partial charge in [0.1, 0.15) is 5.02 Å². The van der Waals surface area contributed by atoms with E-state index in [1.807, 2.05) is 30.3 Å². The molecule has 1 aromatic carbocycles. The molecular weight excluding hydrogens is 250 g/mol. The van der Waals surface area contributed by atoms with E-state index in [2.05, 4.69) is 22.2 Å². The van der Waals surface area contributed by atoms with Crippen molar-refractivity contribution >= 4 is 17.4 Å². The highest BCUT2D eigenvalue weighted by atomic mass is 35.5. The molecule has 0 aliphatic carbocycles. The minimum Gasteiger partial charge on any atom is -0.362 e. The highest BCUT2D eigenvalue weighted by Crippen LogP contribution is 2.23. The normalized spacial score (nSPS) is 12.1. The Morgan fingerprint density at radius 1 is 1.39 bits per heavy atom. The molecule has 0 saturated carbocycles. The van der Waals surface area contributed by atoms with Crippen LogP contribution in [0.3, 0.4) is 0 Å². The van der Waals surface area contributed by atoms with Crippen LogP contribution in [0, 0.1) is 0 Å². The van der Waals surface area contributed by atoms with Gasteiger partial charge in [0.05, 0.1) is 12.4 Å². The van der Waals surface area contributed by atoms with E-state index >= 15 is 0 Å². The van der Waals surface area contributed by atoms with Crippen LogP contribution >= 0.6 is 11.6 Å². The number of anilines is 1. The number of aromatic nitrogens is 2. The van der Waals surface area contributed by atoms with Crippen LogP contribution in [0.5, 0.6) is 0 Å². The first-order chi connectivity index (χ1) is 8.72. The zero-order chi connectivity index (χ0) is 13.0. The van der Waals surface area contributed by atoms with Gasteiger partial charge in [0, 0.05) is 0 Å². The minimum atomic E-state index is -0.336. The van der Waals surface area contributed by atoms with Crippen molar-refractivity contribution in [2.45, 2.75) is 19.4 Å². The van der Waals surface area contributed by atoms with Gasteiger partial charge in [-0.25, -0.2) is 4.98 Å². The predicted octanol–water partition coefficient (Wildman–Crippen LogP) is 2.99. The fourth-order valence-electron chi connectivity index (χ4n) is 1.76. The Kier molecular flexibility index (Phi) is 3.99. The highest BCUT2D eigenvalue weighted by Gasteiger charge is 2.12. The van der Waals surface area contributed by atoms with Gasteiger partial charge in [-0.2, -0.15) is 0 Å². The number of nitrogens with zero attached hydrogens (tertiary/aromatic N) is 1. The second-order valence-electron chi connectivity index (χ2n) is 3.91. The van der Waals surface area contributed by atoms with Crippen molar-refractivity contribution in [1.82, 2.24) is 9.97 Å². The van der Waals surface area contributed by atoms with Crippen LogP contribution in [0.4, 0.5) is 5.82 Å². The number of hydrogen-bond acceptors (Lipinski definition) is 3. The molecule has 1 heterocycles. The molecule has 0 amide bonds. The molecule has 2 rings (SSSR count). The molecule has 0 fully saturated rings. The van der Waals surface area contributed by atoms with Gasteiger partial charge in [-0.15, -0.1) is 0 Å². The van der Waals surface area contributed by atoms with Crippen molar-refractivity contribution in [3.63, 3.8) is 0 Å². The summed E-state index contributed by atoms with van der Waals surface area (Å²) in [5.74, 6) is 0.413. The number of aromatic amines is 1. The van der Waals surface area contributed by atoms with E-state index in [0.29, 0.717) is 5.82 Å². The lowest BCUT2D eigenvalue weighted by Crippen LogP contribution is -2.15. The summed E-state index contributed by atoms with van der Waals surface area (Å²) in [6, 6.07) is 10.1. The van der Waals surface area contributed by atoms with Gasteiger partial charge in [-0.05, 0) is 12.0 Å². The van der Waals surface area contributed by atoms with Crippen LogP contribution in [0.25, 0.3) is 0 Å². The molecular formula is C13H14ClN3O. The van der Waals surface area contributed by atoms with Crippen molar-refractivity contribution in [2.75, 3.05) is 5.32 Å². The lowest BCUT2D eigenvalue weighted by Gasteiger charge is -2.18. The lowest BCUT2D eigenvalue weighted by atomic mass is 10.0. The Morgan fingerprint density at radius 2 is 2.11 bits per heavy atom. The van der Waals surface area contributed by atoms with E-state index in [-0.39, 0.29) is 16.6 Å². The molecule has 1 unspecified atom stereocenters. The molecule has 94 valence electrons. The van der Waals surface area contributed by atoms with Gasteiger partial charge in [0.25, 0.3) is 5.56 Å². The summed E-state index contributed by atoms with van der Waals surface area (Å²) in [5.41, 5.74) is 0.801. The van der Waals surface area contributed by atoms with Gasteiger partial charge >= 0.3 is 0 Å². The van der Waals surface area contributed by atoms with Gasteiger partial charge in [-0.1, -0.05) is 48.9 Å². The maximum Gasteiger partial charge on any atom is 0.271 e. The average molecular weight is 264 g/mol. The summed E-state index contributed by atoms with van der Waals surface area (Å²) in [6.07, 6.45) is 2.21. The topological polar surface area (TPSA) is 57.8 Å². The van der Waals surface area contributed by atoms with Crippen molar-refractivity contribution in [3.05, 3.63) is 57.6 Å². The van der Waals surface area contributed by atoms with E-state index in [9.17, 15) is 4.79 Å². The second-order valence-corrected chi connectivity index (χ2v) is 4.29. The third-order valence-corrected chi connectivity index (χ3v) is 3.07. The summed E-state index contributed by atoms with van der Waals surface area (Å²) >= 11 is 5.91. The lowest BCUT2D eigenvalue weighted by molar-refractivity contribution is 0.743. The Bertz CT molecular complexity index is 568. The summed E-state index contributed by atoms with van der Waals surface area (Å²) in [5, 5.41) is 3.28. The molecule has 0 spiro atoms. The van der Waals surface area contributed by atoms with Gasteiger partial charge in [-0.3, -0.25) is 4.79 Å². The van der Waals surface area contributed by atoms with E-state index < -0.39 is 0 Å². The van der Waals surface area contributed by atoms with Gasteiger partial charge in [0.2, 0.25) is 0 Å². The largest absolute Gasteiger partial charge is 0.362 e. The van der Waals surface area contributed by atoms with Crippen LogP contribution in [0.2, 0.25) is 5.02 Å². The predicted molar refractivity (Wildman–Crippen MR) is 73.0 cm³/mol. The van der Waals surface area contributed by atoms with Crippen molar-refractivity contribution in [3.8, 4) is 0 Å². The van der Waals surface area contributed by atoms with E-state index in [1.165, 1.54) is 6.33 Å². The summed E-state index contributed by atoms with van der Waals surface area (Å²) < 4.78 is 0. The Morgan fingerprint density at radius 3 is 2.78 bits per heavy atom. The van der Waals surface area contributed by atoms with Crippen molar-refractivity contribution in [1.29, 1.82) is 0 Å². The maximum absolute atomic E-state index is 11.4. The van der Waals surface area contributed by atoms with Crippen molar-refractivity contribution in [2.24, 2.45) is 0 Å². The van der Waals surface area contributed by atoms with Crippen LogP contribution in [-0.2, 0) is 0 Å².